The quantitative estimate of drug-likeness (QED) is 0.558. The van der Waals surface area contributed by atoms with Gasteiger partial charge in [-0.1, -0.05) is 18.2 Å². The third-order valence-electron chi connectivity index (χ3n) is 2.99. The average molecular weight is 325 g/mol. The molecule has 0 bridgehead atoms. The van der Waals surface area contributed by atoms with Crippen LogP contribution in [0.5, 0.6) is 0 Å². The summed E-state index contributed by atoms with van der Waals surface area (Å²) < 4.78 is 40.3. The molecule has 6 heteroatoms. The van der Waals surface area contributed by atoms with Gasteiger partial charge in [-0.2, -0.15) is 13.2 Å². The molecule has 0 saturated carbocycles. The van der Waals surface area contributed by atoms with E-state index in [1.54, 1.807) is 0 Å². The maximum atomic E-state index is 12.7. The highest BCUT2D eigenvalue weighted by Crippen LogP contribution is 2.33. The Balaban J connectivity index is 2.12. The normalized spacial score (nSPS) is 13.0. The number of benzene rings is 2. The van der Waals surface area contributed by atoms with Gasteiger partial charge >= 0.3 is 6.18 Å². The molecule has 3 rings (SSSR count). The van der Waals surface area contributed by atoms with Crippen LogP contribution in [0.15, 0.2) is 47.5 Å². The third-order valence-corrected chi connectivity index (χ3v) is 5.29. The van der Waals surface area contributed by atoms with Crippen LogP contribution in [0, 0.1) is 6.92 Å². The van der Waals surface area contributed by atoms with Crippen LogP contribution in [-0.2, 0) is 6.18 Å². The molecule has 1 aromatic heterocycles. The van der Waals surface area contributed by atoms with Crippen molar-refractivity contribution in [2.24, 2.45) is 4.99 Å². The van der Waals surface area contributed by atoms with Crippen molar-refractivity contribution in [1.29, 1.82) is 0 Å². The molecule has 0 radical (unpaired) electrons. The van der Waals surface area contributed by atoms with Crippen LogP contribution in [0.4, 0.5) is 18.9 Å². The zero-order valence-corrected chi connectivity index (χ0v) is 12.6. The smallest absolute Gasteiger partial charge is 0.227 e. The van der Waals surface area contributed by atoms with E-state index in [-0.39, 0.29) is 0 Å². The Morgan fingerprint density at radius 1 is 0.952 bits per heavy atom. The topological polar surface area (TPSA) is 12.4 Å². The molecule has 0 aliphatic carbocycles. The van der Waals surface area contributed by atoms with Gasteiger partial charge < -0.3 is 0 Å². The summed E-state index contributed by atoms with van der Waals surface area (Å²) in [6.45, 7) is 1.96. The van der Waals surface area contributed by atoms with Crippen molar-refractivity contribution in [1.82, 2.24) is 0 Å². The van der Waals surface area contributed by atoms with Crippen molar-refractivity contribution in [3.63, 3.8) is 0 Å². The molecule has 0 aliphatic rings. The van der Waals surface area contributed by atoms with Gasteiger partial charge in [-0.15, -0.1) is 22.7 Å². The Bertz CT molecular complexity index is 859. The van der Waals surface area contributed by atoms with Crippen LogP contribution in [0.3, 0.4) is 0 Å². The van der Waals surface area contributed by atoms with Gasteiger partial charge in [-0.25, -0.2) is 4.99 Å². The summed E-state index contributed by atoms with van der Waals surface area (Å²) in [5, 5.41) is 0. The van der Waals surface area contributed by atoms with Gasteiger partial charge in [0, 0.05) is 9.40 Å². The second kappa shape index (κ2) is 5.27. The highest BCUT2D eigenvalue weighted by Gasteiger charge is 2.30. The van der Waals surface area contributed by atoms with E-state index < -0.39 is 11.7 Å². The second-order valence-electron chi connectivity index (χ2n) is 4.53. The number of hydrogen-bond acceptors (Lipinski definition) is 3. The van der Waals surface area contributed by atoms with Crippen LogP contribution in [0.1, 0.15) is 11.1 Å². The molecule has 2 aromatic carbocycles. The van der Waals surface area contributed by atoms with E-state index in [0.717, 1.165) is 26.0 Å². The molecule has 1 heterocycles. The van der Waals surface area contributed by atoms with E-state index in [1.165, 1.54) is 34.8 Å². The molecular weight excluding hydrogens is 315 g/mol. The number of halogens is 3. The van der Waals surface area contributed by atoms with E-state index in [2.05, 4.69) is 4.99 Å². The SMILES string of the molecule is Cc1ccccc1N=c1sc2ccc(C(F)(F)F)cc2s1. The van der Waals surface area contributed by atoms with E-state index in [0.29, 0.717) is 4.70 Å². The van der Waals surface area contributed by atoms with Crippen molar-refractivity contribution in [3.05, 3.63) is 57.6 Å². The summed E-state index contributed by atoms with van der Waals surface area (Å²) >= 11 is 2.69. The number of aryl methyl sites for hydroxylation is 1. The maximum Gasteiger partial charge on any atom is 0.416 e. The minimum absolute atomic E-state index is 0.613. The fourth-order valence-electron chi connectivity index (χ4n) is 1.89. The van der Waals surface area contributed by atoms with Crippen molar-refractivity contribution in [2.45, 2.75) is 13.1 Å². The molecule has 108 valence electrons. The molecule has 0 saturated heterocycles. The maximum absolute atomic E-state index is 12.7. The zero-order chi connectivity index (χ0) is 15.0. The van der Waals surface area contributed by atoms with Crippen LogP contribution in [-0.4, -0.2) is 0 Å². The predicted octanol–water partition coefficient (Wildman–Crippen LogP) is 5.52. The van der Waals surface area contributed by atoms with Gasteiger partial charge in [-0.05, 0) is 36.8 Å². The molecule has 0 amide bonds. The lowest BCUT2D eigenvalue weighted by Gasteiger charge is -2.05. The predicted molar refractivity (Wildman–Crippen MR) is 81.1 cm³/mol. The van der Waals surface area contributed by atoms with Crippen molar-refractivity contribution >= 4 is 37.8 Å². The first-order chi connectivity index (χ1) is 9.93. The van der Waals surface area contributed by atoms with Gasteiger partial charge in [0.2, 0.25) is 0 Å². The van der Waals surface area contributed by atoms with Gasteiger partial charge in [0.15, 0.2) is 3.98 Å². The van der Waals surface area contributed by atoms with Crippen LogP contribution >= 0.6 is 22.7 Å². The molecule has 21 heavy (non-hydrogen) atoms. The van der Waals surface area contributed by atoms with Crippen molar-refractivity contribution in [3.8, 4) is 0 Å². The van der Waals surface area contributed by atoms with Gasteiger partial charge in [-0.3, -0.25) is 0 Å². The molecule has 0 atom stereocenters. The van der Waals surface area contributed by atoms with Crippen LogP contribution in [0.2, 0.25) is 0 Å². The Kier molecular flexibility index (Phi) is 3.59. The van der Waals surface area contributed by atoms with Crippen molar-refractivity contribution in [2.75, 3.05) is 0 Å². The summed E-state index contributed by atoms with van der Waals surface area (Å²) in [5.74, 6) is 0. The fourth-order valence-corrected chi connectivity index (χ4v) is 4.16. The minimum atomic E-state index is -4.31. The van der Waals surface area contributed by atoms with E-state index in [1.807, 2.05) is 31.2 Å². The fraction of sp³-hybridized carbons (Fsp3) is 0.133. The summed E-state index contributed by atoms with van der Waals surface area (Å²) in [6, 6.07) is 11.5. The number of hydrogen-bond donors (Lipinski definition) is 0. The Morgan fingerprint density at radius 3 is 2.38 bits per heavy atom. The highest BCUT2D eigenvalue weighted by molar-refractivity contribution is 7.35. The first kappa shape index (κ1) is 14.3. The van der Waals surface area contributed by atoms with Crippen LogP contribution < -0.4 is 3.98 Å². The number of rotatable bonds is 1. The van der Waals surface area contributed by atoms with Gasteiger partial charge in [0.25, 0.3) is 0 Å². The Morgan fingerprint density at radius 2 is 1.67 bits per heavy atom. The summed E-state index contributed by atoms with van der Waals surface area (Å²) in [5.41, 5.74) is 1.26. The van der Waals surface area contributed by atoms with Gasteiger partial charge in [0.05, 0.1) is 11.3 Å². The molecule has 3 aromatic rings. The lowest BCUT2D eigenvalue weighted by molar-refractivity contribution is -0.137. The molecule has 0 aliphatic heterocycles. The molecule has 0 unspecified atom stereocenters. The molecular formula is C15H10F3NS2. The zero-order valence-electron chi connectivity index (χ0n) is 10.9. The van der Waals surface area contributed by atoms with Gasteiger partial charge in [0.1, 0.15) is 0 Å². The molecule has 0 N–H and O–H groups in total. The van der Waals surface area contributed by atoms with E-state index >= 15 is 0 Å². The van der Waals surface area contributed by atoms with Crippen LogP contribution in [0.25, 0.3) is 9.40 Å². The first-order valence-corrected chi connectivity index (χ1v) is 7.78. The Labute approximate surface area is 127 Å². The summed E-state index contributed by atoms with van der Waals surface area (Å²) in [6.07, 6.45) is -4.31. The summed E-state index contributed by atoms with van der Waals surface area (Å²) in [7, 11) is 0. The Hall–Kier alpha value is -1.66. The third kappa shape index (κ3) is 3.01. The van der Waals surface area contributed by atoms with E-state index in [4.69, 9.17) is 0 Å². The average Bonchev–Trinajstić information content (AvgIpc) is 2.81. The lowest BCUT2D eigenvalue weighted by atomic mass is 10.2. The standard InChI is InChI=1S/C15H10F3NS2/c1-9-4-2-3-5-11(9)19-14-20-12-7-6-10(15(16,17)18)8-13(12)21-14/h2-8H,1H3. The number of nitrogens with zero attached hydrogens (tertiary/aromatic N) is 1. The lowest BCUT2D eigenvalue weighted by Crippen LogP contribution is -2.03. The highest BCUT2D eigenvalue weighted by atomic mass is 32.2. The summed E-state index contributed by atoms with van der Waals surface area (Å²) in [4.78, 5) is 4.53. The van der Waals surface area contributed by atoms with Crippen molar-refractivity contribution < 1.29 is 13.2 Å². The number of para-hydroxylation sites is 1. The molecule has 0 fully saturated rings. The largest absolute Gasteiger partial charge is 0.416 e. The number of fused-ring (bicyclic) bond motifs is 1. The first-order valence-electron chi connectivity index (χ1n) is 6.15. The monoisotopic (exact) mass is 325 g/mol. The molecule has 0 spiro atoms. The second-order valence-corrected chi connectivity index (χ2v) is 6.85. The molecule has 1 nitrogen and oxygen atoms in total. The minimum Gasteiger partial charge on any atom is -0.227 e. The van der Waals surface area contributed by atoms with E-state index in [9.17, 15) is 13.2 Å². The number of alkyl halides is 3.